The molecule has 2 fully saturated rings. The Morgan fingerprint density at radius 3 is 2.55 bits per heavy atom. The molecule has 1 N–H and O–H groups in total. The third-order valence-electron chi connectivity index (χ3n) is 3.96. The lowest BCUT2D eigenvalue weighted by molar-refractivity contribution is -0.178. The average Bonchev–Trinajstić information content (AvgIpc) is 2.84. The Morgan fingerprint density at radius 2 is 1.95 bits per heavy atom. The Kier molecular flexibility index (Phi) is 4.65. The van der Waals surface area contributed by atoms with Crippen LogP contribution in [-0.4, -0.2) is 48.1 Å². The predicted molar refractivity (Wildman–Crippen MR) is 68.8 cm³/mol. The maximum absolute atomic E-state index is 12.2. The monoisotopic (exact) mass is 286 g/mol. The van der Waals surface area contributed by atoms with Gasteiger partial charge in [0, 0.05) is 0 Å². The van der Waals surface area contributed by atoms with Gasteiger partial charge in [-0.05, 0) is 39.0 Å². The van der Waals surface area contributed by atoms with E-state index in [4.69, 9.17) is 14.2 Å². The maximum Gasteiger partial charge on any atom is 0.339 e. The van der Waals surface area contributed by atoms with E-state index in [-0.39, 0.29) is 37.8 Å². The number of fused-ring (bicyclic) bond motifs is 1. The van der Waals surface area contributed by atoms with Crippen molar-refractivity contribution in [3.8, 4) is 0 Å². The lowest BCUT2D eigenvalue weighted by Gasteiger charge is -2.26. The van der Waals surface area contributed by atoms with Crippen LogP contribution in [0.1, 0.15) is 39.5 Å². The summed E-state index contributed by atoms with van der Waals surface area (Å²) in [4.78, 5) is 23.9. The molecule has 1 saturated heterocycles. The van der Waals surface area contributed by atoms with Crippen LogP contribution < -0.4 is 0 Å². The topological polar surface area (TPSA) is 82.1 Å². The van der Waals surface area contributed by atoms with Gasteiger partial charge >= 0.3 is 11.9 Å². The number of ether oxygens (including phenoxy) is 3. The average molecular weight is 286 g/mol. The van der Waals surface area contributed by atoms with Gasteiger partial charge in [0.1, 0.15) is 0 Å². The van der Waals surface area contributed by atoms with Gasteiger partial charge in [-0.15, -0.1) is 0 Å². The summed E-state index contributed by atoms with van der Waals surface area (Å²) < 4.78 is 15.8. The van der Waals surface area contributed by atoms with Crippen LogP contribution in [-0.2, 0) is 23.8 Å². The molecule has 2 aliphatic rings. The first-order valence-electron chi connectivity index (χ1n) is 7.19. The number of aliphatic hydroxyl groups excluding tert-OH is 1. The van der Waals surface area contributed by atoms with E-state index in [2.05, 4.69) is 0 Å². The van der Waals surface area contributed by atoms with Crippen LogP contribution in [0.2, 0.25) is 0 Å². The van der Waals surface area contributed by atoms with Crippen LogP contribution in [0.3, 0.4) is 0 Å². The first kappa shape index (κ1) is 15.3. The van der Waals surface area contributed by atoms with Crippen molar-refractivity contribution in [3.63, 3.8) is 0 Å². The van der Waals surface area contributed by atoms with E-state index in [1.54, 1.807) is 13.8 Å². The molecule has 0 unspecified atom stereocenters. The molecule has 20 heavy (non-hydrogen) atoms. The van der Waals surface area contributed by atoms with Crippen LogP contribution in [0, 0.1) is 5.92 Å². The van der Waals surface area contributed by atoms with Gasteiger partial charge < -0.3 is 19.3 Å². The summed E-state index contributed by atoms with van der Waals surface area (Å²) in [7, 11) is 0. The van der Waals surface area contributed by atoms with E-state index >= 15 is 0 Å². The largest absolute Gasteiger partial charge is 0.466 e. The van der Waals surface area contributed by atoms with Crippen LogP contribution >= 0.6 is 0 Å². The third kappa shape index (κ3) is 2.96. The molecule has 2 rings (SSSR count). The fourth-order valence-corrected chi connectivity index (χ4v) is 3.20. The highest BCUT2D eigenvalue weighted by Gasteiger charge is 2.56. The molecule has 4 atom stereocenters. The number of esters is 2. The third-order valence-corrected chi connectivity index (χ3v) is 3.96. The Morgan fingerprint density at radius 1 is 1.25 bits per heavy atom. The summed E-state index contributed by atoms with van der Waals surface area (Å²) in [5, 5.41) is 9.63. The van der Waals surface area contributed by atoms with Gasteiger partial charge in [0.15, 0.2) is 5.60 Å². The number of rotatable bonds is 5. The predicted octanol–water partition coefficient (Wildman–Crippen LogP) is 0.801. The Bertz CT molecular complexity index is 366. The number of aliphatic hydroxyl groups is 1. The minimum Gasteiger partial charge on any atom is -0.466 e. The van der Waals surface area contributed by atoms with Crippen molar-refractivity contribution in [1.82, 2.24) is 0 Å². The Balaban J connectivity index is 2.10. The van der Waals surface area contributed by atoms with Crippen molar-refractivity contribution in [1.29, 1.82) is 0 Å². The summed E-state index contributed by atoms with van der Waals surface area (Å²) >= 11 is 0. The zero-order chi connectivity index (χ0) is 14.8. The second-order valence-corrected chi connectivity index (χ2v) is 5.44. The molecule has 0 amide bonds. The second-order valence-electron chi connectivity index (χ2n) is 5.44. The van der Waals surface area contributed by atoms with Crippen molar-refractivity contribution in [3.05, 3.63) is 0 Å². The number of carbonyl (C=O) groups is 2. The molecule has 6 heteroatoms. The molecule has 1 aliphatic heterocycles. The molecule has 1 heterocycles. The van der Waals surface area contributed by atoms with Crippen LogP contribution in [0.25, 0.3) is 0 Å². The van der Waals surface area contributed by atoms with Gasteiger partial charge in [0.2, 0.25) is 0 Å². The molecular weight excluding hydrogens is 264 g/mol. The molecule has 0 aromatic rings. The van der Waals surface area contributed by atoms with E-state index in [0.29, 0.717) is 19.3 Å². The van der Waals surface area contributed by atoms with Gasteiger partial charge in [-0.2, -0.15) is 0 Å². The quantitative estimate of drug-likeness (QED) is 0.753. The summed E-state index contributed by atoms with van der Waals surface area (Å²) in [5.74, 6) is -0.859. The molecule has 0 spiro atoms. The molecular formula is C14H22O6. The lowest BCUT2D eigenvalue weighted by Crippen LogP contribution is -2.43. The Hall–Kier alpha value is -1.14. The van der Waals surface area contributed by atoms with Gasteiger partial charge in [-0.25, -0.2) is 4.79 Å². The molecule has 1 aliphatic carbocycles. The number of carbonyl (C=O) groups excluding carboxylic acids is 2. The van der Waals surface area contributed by atoms with Crippen molar-refractivity contribution < 1.29 is 28.9 Å². The smallest absolute Gasteiger partial charge is 0.339 e. The standard InChI is InChI=1S/C14H22O6/c1-3-18-12(16)8-14(13(17)19-4-2)7-9-5-10(15)6-11(9)20-14/h9-11,15H,3-8H2,1-2H3/t9-,10-,11-,14-/m0/s1. The van der Waals surface area contributed by atoms with Crippen molar-refractivity contribution in [2.75, 3.05) is 13.2 Å². The molecule has 0 aromatic heterocycles. The van der Waals surface area contributed by atoms with E-state index in [0.717, 1.165) is 0 Å². The highest BCUT2D eigenvalue weighted by atomic mass is 16.6. The summed E-state index contributed by atoms with van der Waals surface area (Å²) in [6, 6.07) is 0. The SMILES string of the molecule is CCOC(=O)C[C@]1(C(=O)OCC)C[C@@H]2C[C@H](O)C[C@@H]2O1. The van der Waals surface area contributed by atoms with Crippen LogP contribution in [0.4, 0.5) is 0 Å². The number of hydrogen-bond acceptors (Lipinski definition) is 6. The Labute approximate surface area is 118 Å². The molecule has 1 saturated carbocycles. The second kappa shape index (κ2) is 6.10. The zero-order valence-electron chi connectivity index (χ0n) is 12.0. The molecule has 0 aromatic carbocycles. The first-order chi connectivity index (χ1) is 9.50. The van der Waals surface area contributed by atoms with E-state index in [9.17, 15) is 14.7 Å². The highest BCUT2D eigenvalue weighted by molar-refractivity contribution is 5.86. The molecule has 6 nitrogen and oxygen atoms in total. The lowest BCUT2D eigenvalue weighted by atomic mass is 9.89. The summed E-state index contributed by atoms with van der Waals surface area (Å²) in [5.41, 5.74) is -1.24. The minimum absolute atomic E-state index is 0.101. The van der Waals surface area contributed by atoms with Gasteiger partial charge in [0.05, 0.1) is 31.8 Å². The van der Waals surface area contributed by atoms with Crippen LogP contribution in [0.15, 0.2) is 0 Å². The van der Waals surface area contributed by atoms with E-state index in [1.807, 2.05) is 0 Å². The van der Waals surface area contributed by atoms with Crippen molar-refractivity contribution in [2.45, 2.75) is 57.3 Å². The van der Waals surface area contributed by atoms with E-state index < -0.39 is 17.5 Å². The summed E-state index contributed by atoms with van der Waals surface area (Å²) in [6.45, 7) is 3.94. The van der Waals surface area contributed by atoms with Gasteiger partial charge in [-0.3, -0.25) is 4.79 Å². The summed E-state index contributed by atoms with van der Waals surface area (Å²) in [6.07, 6.45) is 0.843. The van der Waals surface area contributed by atoms with Crippen LogP contribution in [0.5, 0.6) is 0 Å². The number of hydrogen-bond donors (Lipinski definition) is 1. The molecule has 0 radical (unpaired) electrons. The van der Waals surface area contributed by atoms with Crippen molar-refractivity contribution >= 4 is 11.9 Å². The highest BCUT2D eigenvalue weighted by Crippen LogP contribution is 2.46. The fraction of sp³-hybridized carbons (Fsp3) is 0.857. The fourth-order valence-electron chi connectivity index (χ4n) is 3.20. The normalized spacial score (nSPS) is 35.6. The molecule has 0 bridgehead atoms. The van der Waals surface area contributed by atoms with Gasteiger partial charge in [0.25, 0.3) is 0 Å². The zero-order valence-corrected chi connectivity index (χ0v) is 12.0. The van der Waals surface area contributed by atoms with E-state index in [1.165, 1.54) is 0 Å². The molecule has 114 valence electrons. The maximum atomic E-state index is 12.2. The van der Waals surface area contributed by atoms with Gasteiger partial charge in [-0.1, -0.05) is 0 Å². The van der Waals surface area contributed by atoms with Crippen molar-refractivity contribution in [2.24, 2.45) is 5.92 Å². The minimum atomic E-state index is -1.24. The first-order valence-corrected chi connectivity index (χ1v) is 7.19.